The highest BCUT2D eigenvalue weighted by molar-refractivity contribution is 14.1. The van der Waals surface area contributed by atoms with Gasteiger partial charge in [0.15, 0.2) is 0 Å². The number of rotatable bonds is 5. The highest BCUT2D eigenvalue weighted by atomic mass is 127. The van der Waals surface area contributed by atoms with Crippen molar-refractivity contribution in [3.05, 3.63) is 49.7 Å². The molecule has 0 aliphatic carbocycles. The van der Waals surface area contributed by atoms with E-state index in [9.17, 15) is 0 Å². The molecule has 0 aliphatic rings. The predicted molar refractivity (Wildman–Crippen MR) is 85.5 cm³/mol. The van der Waals surface area contributed by atoms with E-state index in [4.69, 9.17) is 4.74 Å². The summed E-state index contributed by atoms with van der Waals surface area (Å²) in [7, 11) is 1.99. The second-order valence-corrected chi connectivity index (χ2v) is 6.72. The fourth-order valence-corrected chi connectivity index (χ4v) is 3.35. The number of ether oxygens (including phenoxy) is 1. The van der Waals surface area contributed by atoms with Crippen molar-refractivity contribution in [2.75, 3.05) is 13.7 Å². The van der Waals surface area contributed by atoms with Crippen molar-refractivity contribution in [1.29, 1.82) is 0 Å². The largest absolute Gasteiger partial charge is 0.494 e. The molecule has 0 amide bonds. The summed E-state index contributed by atoms with van der Waals surface area (Å²) in [5.74, 6) is 0.931. The van der Waals surface area contributed by atoms with Gasteiger partial charge >= 0.3 is 0 Å². The third kappa shape index (κ3) is 3.24. The first-order valence-corrected chi connectivity index (χ1v) is 7.84. The van der Waals surface area contributed by atoms with Gasteiger partial charge in [-0.1, -0.05) is 12.1 Å². The lowest BCUT2D eigenvalue weighted by Gasteiger charge is -2.16. The summed E-state index contributed by atoms with van der Waals surface area (Å²) in [6, 6.07) is 10.7. The first-order chi connectivity index (χ1) is 8.74. The first-order valence-electron chi connectivity index (χ1n) is 5.88. The molecule has 0 bridgehead atoms. The van der Waals surface area contributed by atoms with Gasteiger partial charge in [0.1, 0.15) is 5.75 Å². The van der Waals surface area contributed by atoms with Crippen LogP contribution in [0.5, 0.6) is 5.75 Å². The summed E-state index contributed by atoms with van der Waals surface area (Å²) < 4.78 is 6.86. The van der Waals surface area contributed by atoms with Crippen LogP contribution in [-0.4, -0.2) is 13.7 Å². The molecule has 0 fully saturated rings. The van der Waals surface area contributed by atoms with E-state index in [1.165, 1.54) is 14.0 Å². The van der Waals surface area contributed by atoms with Gasteiger partial charge in [-0.3, -0.25) is 0 Å². The predicted octanol–water partition coefficient (Wildman–Crippen LogP) is 4.06. The normalized spacial score (nSPS) is 12.4. The summed E-state index contributed by atoms with van der Waals surface area (Å²) in [6.07, 6.45) is 0. The minimum atomic E-state index is 0.227. The summed E-state index contributed by atoms with van der Waals surface area (Å²) >= 11 is 4.13. The Bertz CT molecular complexity index is 512. The van der Waals surface area contributed by atoms with Crippen molar-refractivity contribution >= 4 is 33.9 Å². The Balaban J connectivity index is 2.29. The molecule has 4 heteroatoms. The van der Waals surface area contributed by atoms with E-state index < -0.39 is 0 Å². The quantitative estimate of drug-likeness (QED) is 0.799. The molecule has 0 aliphatic heterocycles. The minimum Gasteiger partial charge on any atom is -0.494 e. The molecular formula is C14H16INOS. The van der Waals surface area contributed by atoms with Gasteiger partial charge in [-0.05, 0) is 71.3 Å². The van der Waals surface area contributed by atoms with E-state index in [1.54, 1.807) is 11.3 Å². The van der Waals surface area contributed by atoms with E-state index in [0.717, 1.165) is 5.75 Å². The Hall–Kier alpha value is -0.590. The molecule has 0 spiro atoms. The van der Waals surface area contributed by atoms with Crippen LogP contribution in [0.15, 0.2) is 35.7 Å². The Labute approximate surface area is 126 Å². The fraction of sp³-hybridized carbons (Fsp3) is 0.286. The highest BCUT2D eigenvalue weighted by Gasteiger charge is 2.14. The molecule has 1 atom stereocenters. The van der Waals surface area contributed by atoms with Gasteiger partial charge in [-0.25, -0.2) is 0 Å². The molecule has 18 heavy (non-hydrogen) atoms. The van der Waals surface area contributed by atoms with Gasteiger partial charge in [-0.15, -0.1) is 11.3 Å². The van der Waals surface area contributed by atoms with Gasteiger partial charge in [0.2, 0.25) is 0 Å². The van der Waals surface area contributed by atoms with Crippen molar-refractivity contribution in [1.82, 2.24) is 5.32 Å². The molecule has 1 N–H and O–H groups in total. The van der Waals surface area contributed by atoms with Crippen LogP contribution in [0.3, 0.4) is 0 Å². The number of nitrogens with one attached hydrogen (secondary N) is 1. The zero-order valence-electron chi connectivity index (χ0n) is 10.4. The zero-order valence-corrected chi connectivity index (χ0v) is 13.4. The fourth-order valence-electron chi connectivity index (χ4n) is 1.95. The van der Waals surface area contributed by atoms with Crippen LogP contribution in [0.2, 0.25) is 0 Å². The molecule has 96 valence electrons. The molecule has 2 nitrogen and oxygen atoms in total. The highest BCUT2D eigenvalue weighted by Crippen LogP contribution is 2.28. The monoisotopic (exact) mass is 373 g/mol. The number of thiophene rings is 1. The summed E-state index contributed by atoms with van der Waals surface area (Å²) in [6.45, 7) is 2.70. The minimum absolute atomic E-state index is 0.227. The van der Waals surface area contributed by atoms with Gasteiger partial charge in [-0.2, -0.15) is 0 Å². The average Bonchev–Trinajstić information content (AvgIpc) is 2.78. The maximum absolute atomic E-state index is 5.56. The first kappa shape index (κ1) is 13.8. The van der Waals surface area contributed by atoms with E-state index in [-0.39, 0.29) is 6.04 Å². The topological polar surface area (TPSA) is 21.3 Å². The van der Waals surface area contributed by atoms with E-state index >= 15 is 0 Å². The SMILES string of the molecule is CCOc1cccc(C(NC)c2csc(I)c2)c1. The Morgan fingerprint density at radius 1 is 1.33 bits per heavy atom. The average molecular weight is 373 g/mol. The molecular weight excluding hydrogens is 357 g/mol. The number of hydrogen-bond acceptors (Lipinski definition) is 3. The maximum atomic E-state index is 5.56. The Morgan fingerprint density at radius 3 is 2.78 bits per heavy atom. The molecule has 0 saturated heterocycles. The zero-order chi connectivity index (χ0) is 13.0. The van der Waals surface area contributed by atoms with Crippen molar-refractivity contribution in [3.8, 4) is 5.75 Å². The van der Waals surface area contributed by atoms with Gasteiger partial charge < -0.3 is 10.1 Å². The number of benzene rings is 1. The second kappa shape index (κ2) is 6.54. The molecule has 2 rings (SSSR count). The third-order valence-corrected chi connectivity index (χ3v) is 4.52. The Kier molecular flexibility index (Phi) is 5.03. The van der Waals surface area contributed by atoms with Crippen LogP contribution in [0, 0.1) is 2.88 Å². The Morgan fingerprint density at radius 2 is 2.17 bits per heavy atom. The van der Waals surface area contributed by atoms with E-state index in [1.807, 2.05) is 26.1 Å². The summed E-state index contributed by atoms with van der Waals surface area (Å²) in [5.41, 5.74) is 2.54. The van der Waals surface area contributed by atoms with Gasteiger partial charge in [0, 0.05) is 0 Å². The maximum Gasteiger partial charge on any atom is 0.119 e. The lowest BCUT2D eigenvalue weighted by molar-refractivity contribution is 0.339. The van der Waals surface area contributed by atoms with E-state index in [2.05, 4.69) is 51.5 Å². The molecule has 2 aromatic rings. The van der Waals surface area contributed by atoms with Crippen LogP contribution in [0.25, 0.3) is 0 Å². The van der Waals surface area contributed by atoms with Crippen LogP contribution in [0.1, 0.15) is 24.1 Å². The number of hydrogen-bond donors (Lipinski definition) is 1. The molecule has 1 aromatic heterocycles. The van der Waals surface area contributed by atoms with Crippen molar-refractivity contribution in [3.63, 3.8) is 0 Å². The van der Waals surface area contributed by atoms with Crippen molar-refractivity contribution in [2.24, 2.45) is 0 Å². The van der Waals surface area contributed by atoms with E-state index in [0.29, 0.717) is 6.61 Å². The van der Waals surface area contributed by atoms with Crippen molar-refractivity contribution in [2.45, 2.75) is 13.0 Å². The van der Waals surface area contributed by atoms with Crippen LogP contribution in [0.4, 0.5) is 0 Å². The van der Waals surface area contributed by atoms with Crippen LogP contribution in [-0.2, 0) is 0 Å². The lowest BCUT2D eigenvalue weighted by Crippen LogP contribution is -2.17. The standard InChI is InChI=1S/C14H16INOS/c1-3-17-12-6-4-5-10(7-12)14(16-2)11-8-13(15)18-9-11/h4-9,14,16H,3H2,1-2H3. The van der Waals surface area contributed by atoms with Crippen LogP contribution >= 0.6 is 33.9 Å². The van der Waals surface area contributed by atoms with Crippen molar-refractivity contribution < 1.29 is 4.74 Å². The molecule has 1 unspecified atom stereocenters. The third-order valence-electron chi connectivity index (χ3n) is 2.71. The molecule has 1 aromatic carbocycles. The molecule has 0 radical (unpaired) electrons. The second-order valence-electron chi connectivity index (χ2n) is 3.91. The summed E-state index contributed by atoms with van der Waals surface area (Å²) in [5, 5.41) is 5.57. The van der Waals surface area contributed by atoms with Gasteiger partial charge in [0.05, 0.1) is 15.5 Å². The van der Waals surface area contributed by atoms with Crippen LogP contribution < -0.4 is 10.1 Å². The summed E-state index contributed by atoms with van der Waals surface area (Å²) in [4.78, 5) is 0. The lowest BCUT2D eigenvalue weighted by atomic mass is 10.0. The smallest absolute Gasteiger partial charge is 0.119 e. The van der Waals surface area contributed by atoms with Gasteiger partial charge in [0.25, 0.3) is 0 Å². The number of halogens is 1. The molecule has 0 saturated carbocycles. The molecule has 1 heterocycles.